The van der Waals surface area contributed by atoms with Crippen molar-refractivity contribution in [2.45, 2.75) is 6.42 Å². The first-order valence-electron chi connectivity index (χ1n) is 7.30. The minimum absolute atomic E-state index is 0.110. The Balaban J connectivity index is 1.54. The highest BCUT2D eigenvalue weighted by Crippen LogP contribution is 2.13. The molecule has 0 bridgehead atoms. The van der Waals surface area contributed by atoms with Gasteiger partial charge in [0.1, 0.15) is 5.75 Å². The van der Waals surface area contributed by atoms with Crippen LogP contribution in [0.25, 0.3) is 0 Å². The highest BCUT2D eigenvalue weighted by molar-refractivity contribution is 5.79. The van der Waals surface area contributed by atoms with Gasteiger partial charge in [-0.2, -0.15) is 0 Å². The lowest BCUT2D eigenvalue weighted by Crippen LogP contribution is -2.49. The number of amides is 1. The largest absolute Gasteiger partial charge is 0.508 e. The predicted octanol–water partition coefficient (Wildman–Crippen LogP) is 1.07. The molecule has 1 aliphatic heterocycles. The van der Waals surface area contributed by atoms with Gasteiger partial charge in [0, 0.05) is 38.6 Å². The van der Waals surface area contributed by atoms with E-state index in [1.165, 1.54) is 0 Å². The zero-order valence-electron chi connectivity index (χ0n) is 12.2. The standard InChI is InChI=1S/C16H18N4O2/c21-14-4-2-13(3-5-14)12-15(22)19-8-10-20(11-9-19)16-17-6-1-7-18-16/h1-7,21H,8-12H2. The van der Waals surface area contributed by atoms with Gasteiger partial charge < -0.3 is 14.9 Å². The first-order chi connectivity index (χ1) is 10.7. The molecule has 1 N–H and O–H groups in total. The molecular formula is C16H18N4O2. The number of hydrogen-bond acceptors (Lipinski definition) is 5. The average molecular weight is 298 g/mol. The van der Waals surface area contributed by atoms with E-state index in [9.17, 15) is 9.90 Å². The molecule has 0 radical (unpaired) electrons. The van der Waals surface area contributed by atoms with Gasteiger partial charge >= 0.3 is 0 Å². The van der Waals surface area contributed by atoms with Gasteiger partial charge in [-0.05, 0) is 23.8 Å². The Morgan fingerprint density at radius 1 is 1.05 bits per heavy atom. The van der Waals surface area contributed by atoms with E-state index in [-0.39, 0.29) is 11.7 Å². The van der Waals surface area contributed by atoms with E-state index < -0.39 is 0 Å². The van der Waals surface area contributed by atoms with E-state index in [4.69, 9.17) is 0 Å². The lowest BCUT2D eigenvalue weighted by molar-refractivity contribution is -0.130. The molecule has 0 unspecified atom stereocenters. The van der Waals surface area contributed by atoms with Crippen LogP contribution >= 0.6 is 0 Å². The zero-order chi connectivity index (χ0) is 15.4. The fourth-order valence-corrected chi connectivity index (χ4v) is 2.51. The second kappa shape index (κ2) is 6.43. The van der Waals surface area contributed by atoms with Crippen molar-refractivity contribution in [3.8, 4) is 5.75 Å². The Morgan fingerprint density at radius 3 is 2.32 bits per heavy atom. The summed E-state index contributed by atoms with van der Waals surface area (Å²) in [5.41, 5.74) is 0.914. The fourth-order valence-electron chi connectivity index (χ4n) is 2.51. The maximum absolute atomic E-state index is 12.3. The molecular weight excluding hydrogens is 280 g/mol. The van der Waals surface area contributed by atoms with Crippen molar-refractivity contribution in [3.63, 3.8) is 0 Å². The van der Waals surface area contributed by atoms with Crippen LogP contribution in [-0.4, -0.2) is 52.1 Å². The second-order valence-corrected chi connectivity index (χ2v) is 5.26. The van der Waals surface area contributed by atoms with E-state index in [2.05, 4.69) is 14.9 Å². The highest BCUT2D eigenvalue weighted by atomic mass is 16.3. The molecule has 0 saturated carbocycles. The number of nitrogens with zero attached hydrogens (tertiary/aromatic N) is 4. The molecule has 6 nitrogen and oxygen atoms in total. The van der Waals surface area contributed by atoms with Gasteiger partial charge in [0.15, 0.2) is 0 Å². The number of piperazine rings is 1. The van der Waals surface area contributed by atoms with Crippen molar-refractivity contribution in [1.82, 2.24) is 14.9 Å². The van der Waals surface area contributed by atoms with Crippen molar-refractivity contribution in [1.29, 1.82) is 0 Å². The molecule has 1 amide bonds. The summed E-state index contributed by atoms with van der Waals surface area (Å²) in [6, 6.07) is 8.56. The fraction of sp³-hybridized carbons (Fsp3) is 0.312. The number of phenols is 1. The van der Waals surface area contributed by atoms with Crippen LogP contribution in [-0.2, 0) is 11.2 Å². The molecule has 1 aliphatic rings. The smallest absolute Gasteiger partial charge is 0.227 e. The maximum atomic E-state index is 12.3. The van der Waals surface area contributed by atoms with E-state index in [0.29, 0.717) is 25.5 Å². The lowest BCUT2D eigenvalue weighted by atomic mass is 10.1. The third-order valence-electron chi connectivity index (χ3n) is 3.76. The van der Waals surface area contributed by atoms with Gasteiger partial charge in [-0.15, -0.1) is 0 Å². The molecule has 2 aromatic rings. The number of carbonyl (C=O) groups excluding carboxylic acids is 1. The Morgan fingerprint density at radius 2 is 1.68 bits per heavy atom. The summed E-state index contributed by atoms with van der Waals surface area (Å²) in [6.45, 7) is 2.83. The lowest BCUT2D eigenvalue weighted by Gasteiger charge is -2.34. The van der Waals surface area contributed by atoms with Gasteiger partial charge in [0.2, 0.25) is 11.9 Å². The summed E-state index contributed by atoms with van der Waals surface area (Å²) in [5, 5.41) is 9.26. The Kier molecular flexibility index (Phi) is 4.18. The third-order valence-corrected chi connectivity index (χ3v) is 3.76. The van der Waals surface area contributed by atoms with Crippen molar-refractivity contribution in [2.24, 2.45) is 0 Å². The molecule has 1 aromatic carbocycles. The number of phenolic OH excluding ortho intramolecular Hbond substituents is 1. The first kappa shape index (κ1) is 14.3. The average Bonchev–Trinajstić information content (AvgIpc) is 2.58. The minimum Gasteiger partial charge on any atom is -0.508 e. The summed E-state index contributed by atoms with van der Waals surface area (Å²) in [4.78, 5) is 24.7. The first-order valence-corrected chi connectivity index (χ1v) is 7.30. The van der Waals surface area contributed by atoms with Crippen LogP contribution in [0.4, 0.5) is 5.95 Å². The Hall–Kier alpha value is -2.63. The van der Waals surface area contributed by atoms with Gasteiger partial charge in [-0.1, -0.05) is 12.1 Å². The van der Waals surface area contributed by atoms with E-state index in [0.717, 1.165) is 18.7 Å². The molecule has 6 heteroatoms. The molecule has 0 aliphatic carbocycles. The Labute approximate surface area is 129 Å². The van der Waals surface area contributed by atoms with E-state index >= 15 is 0 Å². The van der Waals surface area contributed by atoms with Crippen LogP contribution in [0.15, 0.2) is 42.7 Å². The van der Waals surface area contributed by atoms with Crippen LogP contribution < -0.4 is 4.90 Å². The predicted molar refractivity (Wildman–Crippen MR) is 82.6 cm³/mol. The van der Waals surface area contributed by atoms with Gasteiger partial charge in [0.05, 0.1) is 6.42 Å². The number of hydrogen-bond donors (Lipinski definition) is 1. The molecule has 0 spiro atoms. The minimum atomic E-state index is 0.110. The number of aromatic nitrogens is 2. The molecule has 2 heterocycles. The monoisotopic (exact) mass is 298 g/mol. The van der Waals surface area contributed by atoms with Gasteiger partial charge in [-0.3, -0.25) is 4.79 Å². The third kappa shape index (κ3) is 3.33. The summed E-state index contributed by atoms with van der Waals surface area (Å²) < 4.78 is 0. The molecule has 22 heavy (non-hydrogen) atoms. The van der Waals surface area contributed by atoms with Gasteiger partial charge in [-0.25, -0.2) is 9.97 Å². The summed E-state index contributed by atoms with van der Waals surface area (Å²) in [5.74, 6) is 1.04. The van der Waals surface area contributed by atoms with Crippen LogP contribution in [0.1, 0.15) is 5.56 Å². The molecule has 1 aromatic heterocycles. The molecule has 0 atom stereocenters. The van der Waals surface area contributed by atoms with Crippen molar-refractivity contribution in [2.75, 3.05) is 31.1 Å². The Bertz CT molecular complexity index is 622. The van der Waals surface area contributed by atoms with Crippen molar-refractivity contribution < 1.29 is 9.90 Å². The maximum Gasteiger partial charge on any atom is 0.227 e. The zero-order valence-corrected chi connectivity index (χ0v) is 12.2. The number of benzene rings is 1. The van der Waals surface area contributed by atoms with Crippen molar-refractivity contribution in [3.05, 3.63) is 48.3 Å². The highest BCUT2D eigenvalue weighted by Gasteiger charge is 2.22. The topological polar surface area (TPSA) is 69.6 Å². The number of anilines is 1. The SMILES string of the molecule is O=C(Cc1ccc(O)cc1)N1CCN(c2ncccn2)CC1. The molecule has 114 valence electrons. The van der Waals surface area contributed by atoms with Crippen LogP contribution in [0.2, 0.25) is 0 Å². The quantitative estimate of drug-likeness (QED) is 0.918. The summed E-state index contributed by atoms with van der Waals surface area (Å²) in [6.07, 6.45) is 3.82. The van der Waals surface area contributed by atoms with Crippen LogP contribution in [0, 0.1) is 0 Å². The van der Waals surface area contributed by atoms with Crippen LogP contribution in [0.5, 0.6) is 5.75 Å². The van der Waals surface area contributed by atoms with E-state index in [1.54, 1.807) is 42.7 Å². The normalized spacial score (nSPS) is 14.9. The van der Waals surface area contributed by atoms with Crippen molar-refractivity contribution >= 4 is 11.9 Å². The summed E-state index contributed by atoms with van der Waals surface area (Å²) in [7, 11) is 0. The number of carbonyl (C=O) groups is 1. The summed E-state index contributed by atoms with van der Waals surface area (Å²) >= 11 is 0. The molecule has 1 saturated heterocycles. The molecule has 1 fully saturated rings. The van der Waals surface area contributed by atoms with E-state index in [1.807, 2.05) is 4.90 Å². The van der Waals surface area contributed by atoms with Crippen LogP contribution in [0.3, 0.4) is 0 Å². The molecule has 3 rings (SSSR count). The number of rotatable bonds is 3. The number of aromatic hydroxyl groups is 1. The van der Waals surface area contributed by atoms with Gasteiger partial charge in [0.25, 0.3) is 0 Å². The second-order valence-electron chi connectivity index (χ2n) is 5.26.